The first-order valence-corrected chi connectivity index (χ1v) is 9.39. The molecule has 2 rings (SSSR count). The van der Waals surface area contributed by atoms with Crippen molar-refractivity contribution in [3.63, 3.8) is 0 Å². The van der Waals surface area contributed by atoms with Gasteiger partial charge in [0.15, 0.2) is 0 Å². The zero-order chi connectivity index (χ0) is 20.0. The van der Waals surface area contributed by atoms with E-state index in [1.54, 1.807) is 32.0 Å². The highest BCUT2D eigenvalue weighted by Gasteiger charge is 2.49. The molecule has 1 fully saturated rings. The Balaban J connectivity index is 1.91. The number of hydrogen-bond acceptors (Lipinski definition) is 5. The highest BCUT2D eigenvalue weighted by molar-refractivity contribution is 9.10. The van der Waals surface area contributed by atoms with Crippen LogP contribution in [0, 0.1) is 0 Å². The molecule has 146 valence electrons. The van der Waals surface area contributed by atoms with E-state index in [9.17, 15) is 19.2 Å². The van der Waals surface area contributed by atoms with Crippen LogP contribution in [0.15, 0.2) is 28.7 Å². The Morgan fingerprint density at radius 3 is 2.74 bits per heavy atom. The van der Waals surface area contributed by atoms with Crippen LogP contribution >= 0.6 is 15.9 Å². The molecule has 0 radical (unpaired) electrons. The fraction of sp³-hybridized carbons (Fsp3) is 0.444. The standard InChI is InChI=1S/C18H22BrN3O5/c1-3-27-15(24)8-5-9-20-14(23)11-22-16(25)18(2,21-17(22)26)12-6-4-7-13(19)10-12/h4,6-7,10H,3,5,8-9,11H2,1-2H3,(H,20,23)(H,21,26). The number of carbonyl (C=O) groups excluding carboxylic acids is 4. The Kier molecular flexibility index (Phi) is 6.95. The van der Waals surface area contributed by atoms with Gasteiger partial charge in [0.1, 0.15) is 12.1 Å². The van der Waals surface area contributed by atoms with E-state index in [-0.39, 0.29) is 25.5 Å². The lowest BCUT2D eigenvalue weighted by Crippen LogP contribution is -2.43. The number of halogens is 1. The number of ether oxygens (including phenoxy) is 1. The van der Waals surface area contributed by atoms with E-state index in [2.05, 4.69) is 26.6 Å². The molecule has 0 bridgehead atoms. The minimum absolute atomic E-state index is 0.193. The summed E-state index contributed by atoms with van der Waals surface area (Å²) >= 11 is 3.34. The molecule has 1 aliphatic rings. The average Bonchev–Trinajstić information content (AvgIpc) is 2.83. The number of imide groups is 1. The third-order valence-electron chi connectivity index (χ3n) is 4.16. The molecule has 1 saturated heterocycles. The van der Waals surface area contributed by atoms with Gasteiger partial charge in [-0.2, -0.15) is 0 Å². The molecule has 4 amide bonds. The van der Waals surface area contributed by atoms with Gasteiger partial charge < -0.3 is 15.4 Å². The fourth-order valence-electron chi connectivity index (χ4n) is 2.73. The van der Waals surface area contributed by atoms with E-state index in [0.29, 0.717) is 18.6 Å². The molecule has 0 saturated carbocycles. The molecule has 0 aromatic heterocycles. The number of amides is 4. The van der Waals surface area contributed by atoms with Crippen molar-refractivity contribution in [3.05, 3.63) is 34.3 Å². The van der Waals surface area contributed by atoms with Crippen molar-refractivity contribution in [2.45, 2.75) is 32.2 Å². The van der Waals surface area contributed by atoms with E-state index >= 15 is 0 Å². The lowest BCUT2D eigenvalue weighted by Gasteiger charge is -2.22. The topological polar surface area (TPSA) is 105 Å². The summed E-state index contributed by atoms with van der Waals surface area (Å²) in [6.45, 7) is 3.51. The summed E-state index contributed by atoms with van der Waals surface area (Å²) in [4.78, 5) is 49.2. The Labute approximate surface area is 165 Å². The first-order chi connectivity index (χ1) is 12.8. The summed E-state index contributed by atoms with van der Waals surface area (Å²) in [5.74, 6) is -1.29. The van der Waals surface area contributed by atoms with Gasteiger partial charge in [0.05, 0.1) is 6.61 Å². The van der Waals surface area contributed by atoms with Gasteiger partial charge >= 0.3 is 12.0 Å². The first-order valence-electron chi connectivity index (χ1n) is 8.60. The molecular formula is C18H22BrN3O5. The lowest BCUT2D eigenvalue weighted by atomic mass is 9.92. The van der Waals surface area contributed by atoms with Crippen LogP contribution < -0.4 is 10.6 Å². The van der Waals surface area contributed by atoms with E-state index in [1.807, 2.05) is 6.07 Å². The van der Waals surface area contributed by atoms with Crippen LogP contribution in [0.2, 0.25) is 0 Å². The maximum absolute atomic E-state index is 12.8. The minimum Gasteiger partial charge on any atom is -0.466 e. The van der Waals surface area contributed by atoms with Crippen molar-refractivity contribution in [3.8, 4) is 0 Å². The Morgan fingerprint density at radius 1 is 1.33 bits per heavy atom. The minimum atomic E-state index is -1.23. The molecule has 2 N–H and O–H groups in total. The van der Waals surface area contributed by atoms with Crippen LogP contribution in [0.25, 0.3) is 0 Å². The van der Waals surface area contributed by atoms with Gasteiger partial charge in [-0.3, -0.25) is 19.3 Å². The molecule has 1 aliphatic heterocycles. The summed E-state index contributed by atoms with van der Waals surface area (Å²) < 4.78 is 5.58. The van der Waals surface area contributed by atoms with Crippen molar-refractivity contribution in [1.82, 2.24) is 15.5 Å². The first kappa shape index (κ1) is 20.9. The smallest absolute Gasteiger partial charge is 0.325 e. The summed E-state index contributed by atoms with van der Waals surface area (Å²) in [7, 11) is 0. The van der Waals surface area contributed by atoms with Crippen LogP contribution in [0.5, 0.6) is 0 Å². The van der Waals surface area contributed by atoms with Gasteiger partial charge in [-0.1, -0.05) is 28.1 Å². The predicted octanol–water partition coefficient (Wildman–Crippen LogP) is 1.68. The molecule has 1 atom stereocenters. The molecular weight excluding hydrogens is 418 g/mol. The summed E-state index contributed by atoms with van der Waals surface area (Å²) in [6, 6.07) is 6.45. The normalized spacial score (nSPS) is 19.0. The molecule has 27 heavy (non-hydrogen) atoms. The molecule has 1 heterocycles. The number of benzene rings is 1. The second kappa shape index (κ2) is 8.98. The number of urea groups is 1. The van der Waals surface area contributed by atoms with Crippen LogP contribution in [0.3, 0.4) is 0 Å². The third kappa shape index (κ3) is 5.06. The summed E-state index contributed by atoms with van der Waals surface area (Å²) in [5, 5.41) is 5.25. The summed E-state index contributed by atoms with van der Waals surface area (Å²) in [6.07, 6.45) is 0.610. The van der Waals surface area contributed by atoms with Crippen LogP contribution in [-0.4, -0.2) is 48.4 Å². The van der Waals surface area contributed by atoms with Crippen LogP contribution in [-0.2, 0) is 24.7 Å². The van der Waals surface area contributed by atoms with Crippen molar-refractivity contribution < 1.29 is 23.9 Å². The maximum Gasteiger partial charge on any atom is 0.325 e. The van der Waals surface area contributed by atoms with Crippen molar-refractivity contribution in [1.29, 1.82) is 0 Å². The molecule has 8 nitrogen and oxygen atoms in total. The zero-order valence-electron chi connectivity index (χ0n) is 15.2. The van der Waals surface area contributed by atoms with E-state index in [1.165, 1.54) is 0 Å². The predicted molar refractivity (Wildman–Crippen MR) is 101 cm³/mol. The van der Waals surface area contributed by atoms with Gasteiger partial charge in [-0.15, -0.1) is 0 Å². The van der Waals surface area contributed by atoms with Crippen LogP contribution in [0.4, 0.5) is 4.79 Å². The quantitative estimate of drug-likeness (QED) is 0.364. The second-order valence-corrected chi connectivity index (χ2v) is 7.13. The molecule has 1 aromatic rings. The highest BCUT2D eigenvalue weighted by atomic mass is 79.9. The molecule has 1 unspecified atom stereocenters. The number of rotatable bonds is 8. The van der Waals surface area contributed by atoms with E-state index in [4.69, 9.17) is 4.74 Å². The van der Waals surface area contributed by atoms with E-state index in [0.717, 1.165) is 9.37 Å². The maximum atomic E-state index is 12.8. The number of nitrogens with one attached hydrogen (secondary N) is 2. The van der Waals surface area contributed by atoms with Crippen LogP contribution in [0.1, 0.15) is 32.3 Å². The summed E-state index contributed by atoms with van der Waals surface area (Å²) in [5.41, 5.74) is -0.613. The fourth-order valence-corrected chi connectivity index (χ4v) is 3.13. The Hall–Kier alpha value is -2.42. The third-order valence-corrected chi connectivity index (χ3v) is 4.66. The van der Waals surface area contributed by atoms with Gasteiger partial charge in [0, 0.05) is 17.4 Å². The molecule has 9 heteroatoms. The lowest BCUT2D eigenvalue weighted by molar-refractivity contribution is -0.143. The van der Waals surface area contributed by atoms with Crippen molar-refractivity contribution in [2.24, 2.45) is 0 Å². The van der Waals surface area contributed by atoms with Crippen molar-refractivity contribution >= 4 is 39.7 Å². The second-order valence-electron chi connectivity index (χ2n) is 6.22. The molecule has 1 aromatic carbocycles. The van der Waals surface area contributed by atoms with Gasteiger partial charge in [0.2, 0.25) is 5.91 Å². The average molecular weight is 440 g/mol. The molecule has 0 spiro atoms. The SMILES string of the molecule is CCOC(=O)CCCNC(=O)CN1C(=O)NC(C)(c2cccc(Br)c2)C1=O. The number of hydrogen-bond donors (Lipinski definition) is 2. The van der Waals surface area contributed by atoms with E-state index < -0.39 is 23.4 Å². The number of carbonyl (C=O) groups is 4. The van der Waals surface area contributed by atoms with Gasteiger partial charge in [-0.05, 0) is 38.0 Å². The number of esters is 1. The molecule has 0 aliphatic carbocycles. The Bertz CT molecular complexity index is 754. The zero-order valence-corrected chi connectivity index (χ0v) is 16.8. The Morgan fingerprint density at radius 2 is 2.07 bits per heavy atom. The largest absolute Gasteiger partial charge is 0.466 e. The monoisotopic (exact) mass is 439 g/mol. The van der Waals surface area contributed by atoms with Gasteiger partial charge in [0.25, 0.3) is 5.91 Å². The highest BCUT2D eigenvalue weighted by Crippen LogP contribution is 2.30. The van der Waals surface area contributed by atoms with Gasteiger partial charge in [-0.25, -0.2) is 4.79 Å². The number of nitrogens with zero attached hydrogens (tertiary/aromatic N) is 1. The van der Waals surface area contributed by atoms with Crippen molar-refractivity contribution in [2.75, 3.05) is 19.7 Å².